The van der Waals surface area contributed by atoms with Crippen LogP contribution in [-0.4, -0.2) is 12.8 Å². The molecule has 5 aromatic rings. The standard InChI is InChI=1S/C56H51BN2O/c1-8-9-27-46-33(2)48-47(60-46)32-38(49-52(48)59-51-43(54(6)28-16-17-29-55(54,59)7)30-34(53(3,4)5)31-44(51)57-49)37-21-18-25-42-50(37)58-45-26-15-14-24-41(45)56(42)39-22-12-10-19-35(39)36-20-11-13-23-40(36)56/h1,9-10,12-13,15,18-19,21,23,25-27,30-32,39,57-58H,14,16-17,22,24,28-29H2,2-7H3/b27-9-. The lowest BCUT2D eigenvalue weighted by Gasteiger charge is -2.51. The summed E-state index contributed by atoms with van der Waals surface area (Å²) in [5.74, 6) is 3.83. The van der Waals surface area contributed by atoms with Gasteiger partial charge in [-0.05, 0) is 132 Å². The van der Waals surface area contributed by atoms with Crippen LogP contribution in [0.25, 0.3) is 33.7 Å². The molecule has 1 spiro atoms. The zero-order valence-electron chi connectivity index (χ0n) is 35.8. The molecule has 294 valence electrons. The topological polar surface area (TPSA) is 28.4 Å². The minimum atomic E-state index is -0.317. The zero-order chi connectivity index (χ0) is 40.9. The van der Waals surface area contributed by atoms with E-state index in [4.69, 9.17) is 10.8 Å². The Balaban J connectivity index is 1.19. The van der Waals surface area contributed by atoms with E-state index >= 15 is 0 Å². The first-order valence-corrected chi connectivity index (χ1v) is 22.3. The van der Waals surface area contributed by atoms with Crippen molar-refractivity contribution in [3.63, 3.8) is 0 Å². The fourth-order valence-corrected chi connectivity index (χ4v) is 13.3. The van der Waals surface area contributed by atoms with Crippen molar-refractivity contribution in [1.82, 2.24) is 0 Å². The van der Waals surface area contributed by atoms with Crippen molar-refractivity contribution in [3.05, 3.63) is 148 Å². The van der Waals surface area contributed by atoms with Gasteiger partial charge in [-0.2, -0.15) is 0 Å². The highest BCUT2D eigenvalue weighted by Gasteiger charge is 2.61. The molecule has 1 saturated carbocycles. The number of rotatable bonds is 2. The summed E-state index contributed by atoms with van der Waals surface area (Å²) in [5.41, 5.74) is 22.0. The molecule has 4 atom stereocenters. The third-order valence-corrected chi connectivity index (χ3v) is 16.3. The van der Waals surface area contributed by atoms with Crippen LogP contribution in [0, 0.1) is 37.3 Å². The Morgan fingerprint density at radius 1 is 1.02 bits per heavy atom. The Labute approximate surface area is 356 Å². The highest BCUT2D eigenvalue weighted by molar-refractivity contribution is 6.74. The average Bonchev–Trinajstić information content (AvgIpc) is 3.81. The Bertz CT molecular complexity index is 2970. The van der Waals surface area contributed by atoms with Gasteiger partial charge in [-0.1, -0.05) is 119 Å². The van der Waals surface area contributed by atoms with Gasteiger partial charge in [0.2, 0.25) is 0 Å². The number of benzene rings is 3. The van der Waals surface area contributed by atoms with E-state index in [2.05, 4.69) is 149 Å². The van der Waals surface area contributed by atoms with Crippen molar-refractivity contribution >= 4 is 57.9 Å². The highest BCUT2D eigenvalue weighted by Crippen LogP contribution is 2.66. The summed E-state index contributed by atoms with van der Waals surface area (Å²) in [4.78, 5) is 2.84. The molecule has 3 nitrogen and oxygen atoms in total. The predicted molar refractivity (Wildman–Crippen MR) is 251 cm³/mol. The summed E-state index contributed by atoms with van der Waals surface area (Å²) >= 11 is 0. The Morgan fingerprint density at radius 2 is 1.88 bits per heavy atom. The van der Waals surface area contributed by atoms with Gasteiger partial charge in [-0.3, -0.25) is 0 Å². The van der Waals surface area contributed by atoms with Crippen LogP contribution in [0.2, 0.25) is 0 Å². The van der Waals surface area contributed by atoms with Crippen LogP contribution in [0.15, 0.2) is 101 Å². The van der Waals surface area contributed by atoms with Crippen LogP contribution in [0.3, 0.4) is 0 Å². The van der Waals surface area contributed by atoms with Crippen molar-refractivity contribution in [3.8, 4) is 23.5 Å². The van der Waals surface area contributed by atoms with Gasteiger partial charge in [0.05, 0.1) is 16.6 Å². The maximum Gasteiger partial charge on any atom is 0.198 e. The normalized spacial score (nSPS) is 26.3. The number of hydrogen-bond acceptors (Lipinski definition) is 3. The average molecular weight is 779 g/mol. The molecule has 4 heteroatoms. The van der Waals surface area contributed by atoms with Crippen molar-refractivity contribution in [2.45, 2.75) is 108 Å². The first-order valence-electron chi connectivity index (χ1n) is 22.3. The molecule has 12 rings (SSSR count). The number of allylic oxidation sites excluding steroid dienone is 8. The van der Waals surface area contributed by atoms with Crippen molar-refractivity contribution < 1.29 is 4.42 Å². The van der Waals surface area contributed by atoms with Crippen LogP contribution < -0.4 is 21.1 Å². The van der Waals surface area contributed by atoms with Crippen molar-refractivity contribution in [2.24, 2.45) is 5.92 Å². The fourth-order valence-electron chi connectivity index (χ4n) is 13.3. The minimum Gasteiger partial charge on any atom is -0.456 e. The van der Waals surface area contributed by atoms with E-state index < -0.39 is 0 Å². The van der Waals surface area contributed by atoms with Crippen LogP contribution in [-0.2, 0) is 16.2 Å². The molecule has 0 bridgehead atoms. The van der Waals surface area contributed by atoms with Crippen LogP contribution in [0.1, 0.15) is 119 Å². The molecule has 4 aromatic carbocycles. The lowest BCUT2D eigenvalue weighted by Crippen LogP contribution is -2.57. The molecule has 1 aromatic heterocycles. The first-order chi connectivity index (χ1) is 29.0. The second-order valence-electron chi connectivity index (χ2n) is 20.0. The number of aryl methyl sites for hydroxylation is 1. The van der Waals surface area contributed by atoms with Crippen molar-refractivity contribution in [2.75, 3.05) is 10.2 Å². The second kappa shape index (κ2) is 12.1. The third-order valence-electron chi connectivity index (χ3n) is 16.3. The Hall–Kier alpha value is -5.84. The summed E-state index contributed by atoms with van der Waals surface area (Å²) in [6, 6.07) is 26.0. The van der Waals surface area contributed by atoms with Gasteiger partial charge >= 0.3 is 0 Å². The van der Waals surface area contributed by atoms with E-state index in [1.807, 2.05) is 6.08 Å². The molecular weight excluding hydrogens is 727 g/mol. The van der Waals surface area contributed by atoms with E-state index in [0.717, 1.165) is 49.9 Å². The van der Waals surface area contributed by atoms with E-state index in [1.165, 1.54) is 108 Å². The number of hydrogen-bond donors (Lipinski definition) is 1. The molecule has 4 heterocycles. The molecule has 3 aliphatic heterocycles. The summed E-state index contributed by atoms with van der Waals surface area (Å²) in [6.45, 7) is 14.5. The largest absolute Gasteiger partial charge is 0.456 e. The van der Waals surface area contributed by atoms with E-state index in [1.54, 1.807) is 6.08 Å². The molecule has 0 saturated heterocycles. The molecule has 1 N–H and O–H groups in total. The number of fused-ring (bicyclic) bond motifs is 15. The highest BCUT2D eigenvalue weighted by atomic mass is 16.3. The SMILES string of the molecule is C#C/C=C\c1oc2cc(-c3cccc4c3NC3=C(CCC=C3)C43c4ccc#cc4C4=CC=CCC43)c3c(c2c1C)N1c2c(cc(C(C)(C)C)cc2C2(C)CCCCC12C)B3. The first kappa shape index (κ1) is 36.1. The molecule has 60 heavy (non-hydrogen) atoms. The van der Waals surface area contributed by atoms with Crippen LogP contribution >= 0.6 is 0 Å². The maximum absolute atomic E-state index is 6.95. The number of para-hydroxylation sites is 1. The third kappa shape index (κ3) is 4.35. The molecule has 1 fully saturated rings. The van der Waals surface area contributed by atoms with E-state index in [9.17, 15) is 0 Å². The fraction of sp³-hybridized carbons (Fsp3) is 0.321. The lowest BCUT2D eigenvalue weighted by molar-refractivity contribution is 0.195. The number of anilines is 3. The summed E-state index contributed by atoms with van der Waals surface area (Å²) in [7, 11) is 0.853. The van der Waals surface area contributed by atoms with E-state index in [-0.39, 0.29) is 27.7 Å². The molecular formula is C56H51BN2O. The molecule has 7 aliphatic rings. The number of terminal acetylenes is 1. The molecule has 0 radical (unpaired) electrons. The number of nitrogens with one attached hydrogen (secondary N) is 1. The Morgan fingerprint density at radius 3 is 2.73 bits per heavy atom. The summed E-state index contributed by atoms with van der Waals surface area (Å²) < 4.78 is 6.95. The van der Waals surface area contributed by atoms with Gasteiger partial charge < -0.3 is 14.6 Å². The summed E-state index contributed by atoms with van der Waals surface area (Å²) in [6.07, 6.45) is 29.1. The lowest BCUT2D eigenvalue weighted by atomic mass is 9.56. The second-order valence-corrected chi connectivity index (χ2v) is 20.0. The van der Waals surface area contributed by atoms with Gasteiger partial charge in [-0.25, -0.2) is 0 Å². The summed E-state index contributed by atoms with van der Waals surface area (Å²) in [5, 5.41) is 5.36. The van der Waals surface area contributed by atoms with Gasteiger partial charge in [-0.15, -0.1) is 6.42 Å². The Kier molecular flexibility index (Phi) is 7.29. The van der Waals surface area contributed by atoms with E-state index in [0.29, 0.717) is 0 Å². The van der Waals surface area contributed by atoms with Gasteiger partial charge in [0, 0.05) is 50.5 Å². The minimum absolute atomic E-state index is 0.00436. The monoisotopic (exact) mass is 778 g/mol. The van der Waals surface area contributed by atoms with Crippen LogP contribution in [0.4, 0.5) is 17.1 Å². The van der Waals surface area contributed by atoms with Crippen LogP contribution in [0.5, 0.6) is 0 Å². The quantitative estimate of drug-likeness (QED) is 0.143. The molecule has 4 unspecified atom stereocenters. The number of nitrogens with zero attached hydrogens (tertiary/aromatic N) is 1. The van der Waals surface area contributed by atoms with Gasteiger partial charge in [0.25, 0.3) is 0 Å². The predicted octanol–water partition coefficient (Wildman–Crippen LogP) is 11.7. The van der Waals surface area contributed by atoms with Crippen molar-refractivity contribution in [1.29, 1.82) is 0 Å². The number of furan rings is 1. The molecule has 4 aliphatic carbocycles. The molecule has 0 amide bonds. The van der Waals surface area contributed by atoms with Gasteiger partial charge in [0.15, 0.2) is 7.28 Å². The zero-order valence-corrected chi connectivity index (χ0v) is 35.8. The maximum atomic E-state index is 6.95. The smallest absolute Gasteiger partial charge is 0.198 e. The van der Waals surface area contributed by atoms with Gasteiger partial charge in [0.1, 0.15) is 11.3 Å².